The Hall–Kier alpha value is -2.38. The van der Waals surface area contributed by atoms with Crippen LogP contribution in [0, 0.1) is 34.9 Å². The summed E-state index contributed by atoms with van der Waals surface area (Å²) in [4.78, 5) is 0. The van der Waals surface area contributed by atoms with Crippen molar-refractivity contribution >= 4 is 5.83 Å². The molecule has 3 rings (SSSR count). The van der Waals surface area contributed by atoms with Crippen molar-refractivity contribution < 1.29 is 35.1 Å². The quantitative estimate of drug-likeness (QED) is 0.378. The fraction of sp³-hybridized carbons (Fsp3) is 0.0667. The van der Waals surface area contributed by atoms with Gasteiger partial charge in [0.2, 0.25) is 0 Å². The molecule has 120 valence electrons. The zero-order chi connectivity index (χ0) is 17.0. The Labute approximate surface area is 123 Å². The molecule has 8 heteroatoms. The second-order valence-electron chi connectivity index (χ2n) is 4.78. The predicted octanol–water partition coefficient (Wildman–Crippen LogP) is 5.27. The standard InChI is InChI=1S/C15H4F8/c16-5-3-1-2-4(9(5)17)6-7-8(12(20)10(6)18)13(21)15(23)14(22)11(7)19/h1-3,6H. The molecule has 1 atom stereocenters. The van der Waals surface area contributed by atoms with Gasteiger partial charge in [-0.05, 0) is 6.07 Å². The van der Waals surface area contributed by atoms with Crippen LogP contribution in [0.25, 0.3) is 5.83 Å². The van der Waals surface area contributed by atoms with Gasteiger partial charge in [-0.25, -0.2) is 35.1 Å². The van der Waals surface area contributed by atoms with Gasteiger partial charge in [0, 0.05) is 11.1 Å². The maximum Gasteiger partial charge on any atom is 0.198 e. The van der Waals surface area contributed by atoms with E-state index in [4.69, 9.17) is 0 Å². The molecule has 0 N–H and O–H groups in total. The molecule has 0 aliphatic heterocycles. The van der Waals surface area contributed by atoms with Gasteiger partial charge in [0.15, 0.2) is 40.7 Å². The second kappa shape index (κ2) is 5.07. The van der Waals surface area contributed by atoms with E-state index < -0.39 is 69.2 Å². The lowest BCUT2D eigenvalue weighted by Gasteiger charge is -2.15. The Morgan fingerprint density at radius 2 is 1.26 bits per heavy atom. The molecule has 2 aromatic rings. The highest BCUT2D eigenvalue weighted by molar-refractivity contribution is 5.75. The van der Waals surface area contributed by atoms with Crippen molar-refractivity contribution in [2.75, 3.05) is 0 Å². The molecule has 0 amide bonds. The molecule has 0 saturated carbocycles. The highest BCUT2D eigenvalue weighted by atomic mass is 19.2. The molecule has 0 spiro atoms. The number of hydrogen-bond donors (Lipinski definition) is 0. The average molecular weight is 336 g/mol. The van der Waals surface area contributed by atoms with E-state index in [0.717, 1.165) is 12.1 Å². The van der Waals surface area contributed by atoms with Crippen LogP contribution < -0.4 is 0 Å². The Morgan fingerprint density at radius 3 is 1.91 bits per heavy atom. The van der Waals surface area contributed by atoms with Crippen LogP contribution in [0.2, 0.25) is 0 Å². The summed E-state index contributed by atoms with van der Waals surface area (Å²) in [6.45, 7) is 0. The minimum absolute atomic E-state index is 0.662. The monoisotopic (exact) mass is 336 g/mol. The van der Waals surface area contributed by atoms with Gasteiger partial charge in [0.25, 0.3) is 0 Å². The largest absolute Gasteiger partial charge is 0.208 e. The van der Waals surface area contributed by atoms with Gasteiger partial charge in [-0.1, -0.05) is 12.1 Å². The van der Waals surface area contributed by atoms with Crippen LogP contribution in [0.15, 0.2) is 24.0 Å². The first-order chi connectivity index (χ1) is 10.8. The topological polar surface area (TPSA) is 0 Å². The van der Waals surface area contributed by atoms with Crippen LogP contribution in [0.5, 0.6) is 0 Å². The van der Waals surface area contributed by atoms with Crippen LogP contribution in [-0.2, 0) is 0 Å². The first kappa shape index (κ1) is 15.5. The summed E-state index contributed by atoms with van der Waals surface area (Å²) >= 11 is 0. The zero-order valence-corrected chi connectivity index (χ0v) is 10.8. The molecule has 0 bridgehead atoms. The van der Waals surface area contributed by atoms with Crippen LogP contribution in [0.4, 0.5) is 35.1 Å². The summed E-state index contributed by atoms with van der Waals surface area (Å²) in [5.41, 5.74) is -3.62. The van der Waals surface area contributed by atoms with E-state index in [1.54, 1.807) is 0 Å². The Kier molecular flexibility index (Phi) is 3.42. The highest BCUT2D eigenvalue weighted by Gasteiger charge is 2.43. The van der Waals surface area contributed by atoms with Crippen LogP contribution in [0.1, 0.15) is 22.6 Å². The van der Waals surface area contributed by atoms with E-state index in [9.17, 15) is 35.1 Å². The third-order valence-electron chi connectivity index (χ3n) is 3.57. The van der Waals surface area contributed by atoms with Crippen molar-refractivity contribution in [2.45, 2.75) is 5.92 Å². The van der Waals surface area contributed by atoms with Gasteiger partial charge < -0.3 is 0 Å². The Morgan fingerprint density at radius 1 is 0.652 bits per heavy atom. The maximum atomic E-state index is 14.0. The van der Waals surface area contributed by atoms with E-state index in [1.807, 2.05) is 0 Å². The SMILES string of the molecule is FC1=C(F)C(c2cccc(F)c2F)c2c(F)c(F)c(F)c(F)c21. The molecule has 2 aromatic carbocycles. The molecule has 23 heavy (non-hydrogen) atoms. The number of halogens is 8. The van der Waals surface area contributed by atoms with Crippen molar-refractivity contribution in [1.29, 1.82) is 0 Å². The second-order valence-corrected chi connectivity index (χ2v) is 4.78. The molecule has 0 aromatic heterocycles. The molecule has 0 radical (unpaired) electrons. The van der Waals surface area contributed by atoms with E-state index in [-0.39, 0.29) is 0 Å². The van der Waals surface area contributed by atoms with Gasteiger partial charge in [0.1, 0.15) is 5.83 Å². The summed E-state index contributed by atoms with van der Waals surface area (Å²) < 4.78 is 109. The minimum Gasteiger partial charge on any atom is -0.208 e. The lowest BCUT2D eigenvalue weighted by Crippen LogP contribution is -2.10. The summed E-state index contributed by atoms with van der Waals surface area (Å²) in [6.07, 6.45) is 0. The van der Waals surface area contributed by atoms with Gasteiger partial charge in [0.05, 0.1) is 11.5 Å². The van der Waals surface area contributed by atoms with Crippen molar-refractivity contribution in [1.82, 2.24) is 0 Å². The molecular formula is C15H4F8. The summed E-state index contributed by atoms with van der Waals surface area (Å²) in [6, 6.07) is 2.38. The van der Waals surface area contributed by atoms with Crippen LogP contribution in [-0.4, -0.2) is 0 Å². The molecule has 1 aliphatic rings. The van der Waals surface area contributed by atoms with Crippen molar-refractivity contribution in [2.24, 2.45) is 0 Å². The molecule has 0 fully saturated rings. The lowest BCUT2D eigenvalue weighted by atomic mass is 9.91. The zero-order valence-electron chi connectivity index (χ0n) is 10.8. The van der Waals surface area contributed by atoms with Crippen LogP contribution >= 0.6 is 0 Å². The number of fused-ring (bicyclic) bond motifs is 1. The summed E-state index contributed by atoms with van der Waals surface area (Å²) in [7, 11) is 0. The highest BCUT2D eigenvalue weighted by Crippen LogP contribution is 2.50. The molecule has 0 heterocycles. The maximum absolute atomic E-state index is 14.0. The third kappa shape index (κ3) is 1.97. The molecule has 0 saturated heterocycles. The normalized spacial score (nSPS) is 17.0. The molecular weight excluding hydrogens is 332 g/mol. The smallest absolute Gasteiger partial charge is 0.198 e. The van der Waals surface area contributed by atoms with Gasteiger partial charge in [-0.3, -0.25) is 0 Å². The number of benzene rings is 2. The van der Waals surface area contributed by atoms with Crippen LogP contribution in [0.3, 0.4) is 0 Å². The third-order valence-corrected chi connectivity index (χ3v) is 3.57. The summed E-state index contributed by atoms with van der Waals surface area (Å²) in [5, 5.41) is 0. The Bertz CT molecular complexity index is 869. The van der Waals surface area contributed by atoms with Crippen molar-refractivity contribution in [3.8, 4) is 0 Å². The van der Waals surface area contributed by atoms with Gasteiger partial charge in [-0.15, -0.1) is 0 Å². The first-order valence-electron chi connectivity index (χ1n) is 6.12. The molecule has 1 aliphatic carbocycles. The first-order valence-corrected chi connectivity index (χ1v) is 6.12. The predicted molar refractivity (Wildman–Crippen MR) is 63.6 cm³/mol. The van der Waals surface area contributed by atoms with E-state index in [0.29, 0.717) is 6.07 Å². The van der Waals surface area contributed by atoms with E-state index >= 15 is 0 Å². The van der Waals surface area contributed by atoms with E-state index in [1.165, 1.54) is 0 Å². The fourth-order valence-electron chi connectivity index (χ4n) is 2.54. The Balaban J connectivity index is 2.39. The van der Waals surface area contributed by atoms with Crippen molar-refractivity contribution in [3.05, 3.63) is 75.6 Å². The average Bonchev–Trinajstić information content (AvgIpc) is 2.78. The van der Waals surface area contributed by atoms with Crippen molar-refractivity contribution in [3.63, 3.8) is 0 Å². The van der Waals surface area contributed by atoms with Gasteiger partial charge >= 0.3 is 0 Å². The molecule has 0 nitrogen and oxygen atoms in total. The molecule has 1 unspecified atom stereocenters. The minimum atomic E-state index is -2.33. The summed E-state index contributed by atoms with van der Waals surface area (Å²) in [5.74, 6) is -18.1. The van der Waals surface area contributed by atoms with E-state index in [2.05, 4.69) is 0 Å². The number of hydrogen-bond acceptors (Lipinski definition) is 0. The fourth-order valence-corrected chi connectivity index (χ4v) is 2.54. The number of allylic oxidation sites excluding steroid dienone is 1. The lowest BCUT2D eigenvalue weighted by molar-refractivity contribution is 0.400. The van der Waals surface area contributed by atoms with Gasteiger partial charge in [-0.2, -0.15) is 0 Å². The number of rotatable bonds is 1.